The Balaban J connectivity index is 2.38. The third-order valence-corrected chi connectivity index (χ3v) is 2.10. The van der Waals surface area contributed by atoms with E-state index in [-0.39, 0.29) is 0 Å². The summed E-state index contributed by atoms with van der Waals surface area (Å²) in [7, 11) is 0. The summed E-state index contributed by atoms with van der Waals surface area (Å²) in [5.74, 6) is 0. The van der Waals surface area contributed by atoms with Gasteiger partial charge < -0.3 is 0 Å². The summed E-state index contributed by atoms with van der Waals surface area (Å²) in [6.45, 7) is -1.38. The highest BCUT2D eigenvalue weighted by Gasteiger charge is 2.29. The van der Waals surface area contributed by atoms with Crippen LogP contribution in [0.3, 0.4) is 0 Å². The first-order valence-corrected chi connectivity index (χ1v) is 4.74. The Morgan fingerprint density at radius 3 is 2.41 bits per heavy atom. The van der Waals surface area contributed by atoms with Crippen LogP contribution in [0, 0.1) is 0 Å². The van der Waals surface area contributed by atoms with Gasteiger partial charge in [0.2, 0.25) is 0 Å². The van der Waals surface area contributed by atoms with E-state index < -0.39 is 18.4 Å². The molecule has 7 heteroatoms. The van der Waals surface area contributed by atoms with Crippen LogP contribution in [0.25, 0.3) is 5.69 Å². The van der Waals surface area contributed by atoms with Gasteiger partial charge in [0.05, 0.1) is 5.69 Å². The van der Waals surface area contributed by atoms with Gasteiger partial charge in [-0.25, -0.2) is 14.0 Å². The van der Waals surface area contributed by atoms with Crippen molar-refractivity contribution in [1.29, 1.82) is 0 Å². The molecule has 2 aromatic rings. The van der Waals surface area contributed by atoms with Gasteiger partial charge in [0.15, 0.2) is 0 Å². The molecule has 0 saturated carbocycles. The monoisotopic (exact) mass is 243 g/mol. The van der Waals surface area contributed by atoms with Crippen molar-refractivity contribution in [2.75, 3.05) is 0 Å². The minimum absolute atomic E-state index is 0.382. The van der Waals surface area contributed by atoms with Crippen LogP contribution in [0.1, 0.15) is 0 Å². The number of hydrogen-bond donors (Lipinski definition) is 0. The average molecular weight is 243 g/mol. The molecule has 0 bridgehead atoms. The third kappa shape index (κ3) is 2.55. The fraction of sp³-hybridized carbons (Fsp3) is 0.200. The summed E-state index contributed by atoms with van der Waals surface area (Å²) in [5, 5.41) is 3.42. The molecule has 4 nitrogen and oxygen atoms in total. The van der Waals surface area contributed by atoms with E-state index in [0.29, 0.717) is 10.4 Å². The zero-order chi connectivity index (χ0) is 12.5. The lowest BCUT2D eigenvalue weighted by Gasteiger charge is -2.04. The molecule has 1 heterocycles. The molecule has 0 radical (unpaired) electrons. The number of para-hydroxylation sites is 1. The summed E-state index contributed by atoms with van der Waals surface area (Å²) < 4.78 is 37.8. The fourth-order valence-corrected chi connectivity index (χ4v) is 1.38. The van der Waals surface area contributed by atoms with Gasteiger partial charge in [0, 0.05) is 0 Å². The number of nitrogens with zero attached hydrogens (tertiary/aromatic N) is 3. The second kappa shape index (κ2) is 4.08. The Morgan fingerprint density at radius 2 is 1.82 bits per heavy atom. The summed E-state index contributed by atoms with van der Waals surface area (Å²) in [4.78, 5) is 11.6. The Morgan fingerprint density at radius 1 is 1.18 bits per heavy atom. The van der Waals surface area contributed by atoms with Crippen molar-refractivity contribution in [2.45, 2.75) is 12.7 Å². The molecule has 17 heavy (non-hydrogen) atoms. The highest BCUT2D eigenvalue weighted by molar-refractivity contribution is 5.30. The quantitative estimate of drug-likeness (QED) is 0.803. The predicted octanol–water partition coefficient (Wildman–Crippen LogP) is 1.60. The van der Waals surface area contributed by atoms with E-state index in [1.807, 2.05) is 0 Å². The Hall–Kier alpha value is -2.05. The smallest absolute Gasteiger partial charge is 0.250 e. The van der Waals surface area contributed by atoms with Gasteiger partial charge in [-0.15, -0.1) is 0 Å². The molecule has 1 aromatic carbocycles. The molecular formula is C10H8F3N3O. The summed E-state index contributed by atoms with van der Waals surface area (Å²) >= 11 is 0. The van der Waals surface area contributed by atoms with Crippen LogP contribution >= 0.6 is 0 Å². The SMILES string of the molecule is O=c1n(-c2ccccc2)cnn1CC(F)(F)F. The summed E-state index contributed by atoms with van der Waals surface area (Å²) in [6, 6.07) is 8.34. The van der Waals surface area contributed by atoms with E-state index in [0.717, 1.165) is 10.9 Å². The van der Waals surface area contributed by atoms with Crippen LogP contribution in [0.4, 0.5) is 13.2 Å². The Kier molecular flexibility index (Phi) is 2.74. The molecule has 0 amide bonds. The van der Waals surface area contributed by atoms with Gasteiger partial charge in [-0.2, -0.15) is 18.3 Å². The molecule has 2 rings (SSSR count). The van der Waals surface area contributed by atoms with Crippen molar-refractivity contribution in [3.05, 3.63) is 47.1 Å². The molecule has 0 N–H and O–H groups in total. The maximum Gasteiger partial charge on any atom is 0.408 e. The second-order valence-electron chi connectivity index (χ2n) is 3.39. The van der Waals surface area contributed by atoms with Crippen molar-refractivity contribution in [3.63, 3.8) is 0 Å². The van der Waals surface area contributed by atoms with E-state index in [9.17, 15) is 18.0 Å². The number of aromatic nitrogens is 3. The van der Waals surface area contributed by atoms with Crippen LogP contribution < -0.4 is 5.69 Å². The number of rotatable bonds is 2. The first-order valence-electron chi connectivity index (χ1n) is 4.74. The Bertz CT molecular complexity index is 556. The van der Waals surface area contributed by atoms with Gasteiger partial charge >= 0.3 is 11.9 Å². The highest BCUT2D eigenvalue weighted by atomic mass is 19.4. The van der Waals surface area contributed by atoms with Gasteiger partial charge in [0.1, 0.15) is 12.9 Å². The maximum atomic E-state index is 12.1. The van der Waals surface area contributed by atoms with Crippen molar-refractivity contribution in [2.24, 2.45) is 0 Å². The number of benzene rings is 1. The predicted molar refractivity (Wildman–Crippen MR) is 53.9 cm³/mol. The average Bonchev–Trinajstić information content (AvgIpc) is 2.60. The van der Waals surface area contributed by atoms with Gasteiger partial charge in [-0.1, -0.05) is 18.2 Å². The van der Waals surface area contributed by atoms with Gasteiger partial charge in [-0.05, 0) is 12.1 Å². The first-order chi connectivity index (χ1) is 7.97. The van der Waals surface area contributed by atoms with Gasteiger partial charge in [-0.3, -0.25) is 0 Å². The van der Waals surface area contributed by atoms with E-state index in [1.165, 1.54) is 0 Å². The van der Waals surface area contributed by atoms with Crippen molar-refractivity contribution in [1.82, 2.24) is 14.3 Å². The minimum Gasteiger partial charge on any atom is -0.250 e. The molecule has 1 aromatic heterocycles. The minimum atomic E-state index is -4.46. The Labute approximate surface area is 93.9 Å². The van der Waals surface area contributed by atoms with E-state index in [4.69, 9.17) is 0 Å². The molecule has 90 valence electrons. The lowest BCUT2D eigenvalue weighted by atomic mass is 10.3. The number of alkyl halides is 3. The van der Waals surface area contributed by atoms with Crippen LogP contribution in [0.15, 0.2) is 41.5 Å². The molecule has 0 aliphatic carbocycles. The third-order valence-electron chi connectivity index (χ3n) is 2.10. The molecule has 0 fully saturated rings. The molecule has 0 unspecified atom stereocenters. The highest BCUT2D eigenvalue weighted by Crippen LogP contribution is 2.15. The fourth-order valence-electron chi connectivity index (χ4n) is 1.38. The summed E-state index contributed by atoms with van der Waals surface area (Å²) in [6.07, 6.45) is -3.39. The van der Waals surface area contributed by atoms with E-state index in [2.05, 4.69) is 5.10 Å². The molecule has 0 aliphatic rings. The molecule has 0 saturated heterocycles. The summed E-state index contributed by atoms with van der Waals surface area (Å²) in [5.41, 5.74) is -0.334. The maximum absolute atomic E-state index is 12.1. The van der Waals surface area contributed by atoms with Crippen molar-refractivity contribution < 1.29 is 13.2 Å². The largest absolute Gasteiger partial charge is 0.408 e. The molecule has 0 aliphatic heterocycles. The van der Waals surface area contributed by atoms with Crippen molar-refractivity contribution in [3.8, 4) is 5.69 Å². The number of halogens is 3. The normalized spacial score (nSPS) is 11.7. The topological polar surface area (TPSA) is 39.8 Å². The van der Waals surface area contributed by atoms with Crippen LogP contribution in [0.2, 0.25) is 0 Å². The lowest BCUT2D eigenvalue weighted by Crippen LogP contribution is -2.30. The zero-order valence-corrected chi connectivity index (χ0v) is 8.55. The zero-order valence-electron chi connectivity index (χ0n) is 8.55. The van der Waals surface area contributed by atoms with E-state index >= 15 is 0 Å². The van der Waals surface area contributed by atoms with E-state index in [1.54, 1.807) is 30.3 Å². The first kappa shape index (κ1) is 11.4. The van der Waals surface area contributed by atoms with Gasteiger partial charge in [0.25, 0.3) is 0 Å². The standard InChI is InChI=1S/C10H8F3N3O/c11-10(12,13)6-16-9(17)15(7-14-16)8-4-2-1-3-5-8/h1-5,7H,6H2. The second-order valence-corrected chi connectivity index (χ2v) is 3.39. The number of hydrogen-bond acceptors (Lipinski definition) is 2. The molecule has 0 atom stereocenters. The molecule has 0 spiro atoms. The van der Waals surface area contributed by atoms with Crippen LogP contribution in [-0.4, -0.2) is 20.5 Å². The van der Waals surface area contributed by atoms with Crippen molar-refractivity contribution >= 4 is 0 Å². The van der Waals surface area contributed by atoms with Crippen LogP contribution in [0.5, 0.6) is 0 Å². The van der Waals surface area contributed by atoms with Crippen LogP contribution in [-0.2, 0) is 6.54 Å². The molecular weight excluding hydrogens is 235 g/mol. The lowest BCUT2D eigenvalue weighted by molar-refractivity contribution is -0.143.